The van der Waals surface area contributed by atoms with Crippen molar-refractivity contribution in [2.75, 3.05) is 0 Å². The Morgan fingerprint density at radius 3 is 2.52 bits per heavy atom. The minimum atomic E-state index is -0.463. The second kappa shape index (κ2) is 5.26. The van der Waals surface area contributed by atoms with Gasteiger partial charge in [0.15, 0.2) is 0 Å². The minimum absolute atomic E-state index is 0.0103. The highest BCUT2D eigenvalue weighted by atomic mass is 16.2. The van der Waals surface area contributed by atoms with Crippen molar-refractivity contribution in [3.05, 3.63) is 34.9 Å². The maximum Gasteiger partial charge on any atom is 0.236 e. The lowest BCUT2D eigenvalue weighted by Crippen LogP contribution is -2.34. The van der Waals surface area contributed by atoms with Crippen LogP contribution in [0.25, 0.3) is 0 Å². The Bertz CT molecular complexity index is 590. The predicted molar refractivity (Wildman–Crippen MR) is 80.2 cm³/mol. The van der Waals surface area contributed by atoms with E-state index in [1.165, 1.54) is 16.0 Å². The molecule has 2 heterocycles. The summed E-state index contributed by atoms with van der Waals surface area (Å²) in [5.74, 6) is -0.0153. The zero-order valence-corrected chi connectivity index (χ0v) is 12.7. The monoisotopic (exact) mass is 286 g/mol. The van der Waals surface area contributed by atoms with Crippen molar-refractivity contribution in [2.24, 2.45) is 5.41 Å². The lowest BCUT2D eigenvalue weighted by Gasteiger charge is -2.23. The third kappa shape index (κ3) is 2.27. The second-order valence-electron chi connectivity index (χ2n) is 6.16. The molecule has 0 spiro atoms. The number of hydrogen-bond acceptors (Lipinski definition) is 3. The van der Waals surface area contributed by atoms with E-state index < -0.39 is 5.41 Å². The lowest BCUT2D eigenvalue weighted by molar-refractivity contribution is -0.142. The number of fused-ring (bicyclic) bond motifs is 1. The normalized spacial score (nSPS) is 20.2. The molecule has 1 saturated heterocycles. The predicted octanol–water partition coefficient (Wildman–Crippen LogP) is 2.36. The standard InChI is InChI=1S/C17H22N2O2/c1-3-17(4-2)8-15(20)19(16(17)21)11-12-5-6-13-9-18-10-14(13)7-12/h5-7,18H,3-4,8-11H2,1-2H3. The first-order valence-corrected chi connectivity index (χ1v) is 7.76. The molecule has 21 heavy (non-hydrogen) atoms. The molecule has 1 fully saturated rings. The van der Waals surface area contributed by atoms with E-state index in [0.717, 1.165) is 31.5 Å². The molecule has 0 atom stereocenters. The van der Waals surface area contributed by atoms with Crippen LogP contribution in [-0.4, -0.2) is 16.7 Å². The maximum atomic E-state index is 12.6. The summed E-state index contributed by atoms with van der Waals surface area (Å²) in [5, 5.41) is 3.31. The van der Waals surface area contributed by atoms with E-state index in [0.29, 0.717) is 13.0 Å². The van der Waals surface area contributed by atoms with Crippen LogP contribution in [0.3, 0.4) is 0 Å². The first-order valence-electron chi connectivity index (χ1n) is 7.76. The Kier molecular flexibility index (Phi) is 3.57. The molecule has 0 unspecified atom stereocenters. The smallest absolute Gasteiger partial charge is 0.236 e. The van der Waals surface area contributed by atoms with Gasteiger partial charge in [0.05, 0.1) is 12.0 Å². The van der Waals surface area contributed by atoms with Crippen LogP contribution in [0.1, 0.15) is 49.8 Å². The molecule has 112 valence electrons. The zero-order chi connectivity index (χ0) is 15.0. The Labute approximate surface area is 125 Å². The highest BCUT2D eigenvalue weighted by Gasteiger charge is 2.48. The van der Waals surface area contributed by atoms with Crippen molar-refractivity contribution in [3.8, 4) is 0 Å². The van der Waals surface area contributed by atoms with Crippen LogP contribution >= 0.6 is 0 Å². The van der Waals surface area contributed by atoms with Crippen molar-refractivity contribution in [2.45, 2.75) is 52.7 Å². The van der Waals surface area contributed by atoms with E-state index >= 15 is 0 Å². The molecule has 1 aromatic carbocycles. The Morgan fingerprint density at radius 1 is 1.14 bits per heavy atom. The summed E-state index contributed by atoms with van der Waals surface area (Å²) in [6.45, 7) is 6.19. The molecule has 0 aromatic heterocycles. The summed E-state index contributed by atoms with van der Waals surface area (Å²) in [6, 6.07) is 6.25. The SMILES string of the molecule is CCC1(CC)CC(=O)N(Cc2ccc3c(c2)CNC3)C1=O. The number of nitrogens with zero attached hydrogens (tertiary/aromatic N) is 1. The van der Waals surface area contributed by atoms with Gasteiger partial charge in [-0.05, 0) is 29.5 Å². The molecule has 0 aliphatic carbocycles. The van der Waals surface area contributed by atoms with Crippen LogP contribution in [0.2, 0.25) is 0 Å². The Morgan fingerprint density at radius 2 is 1.86 bits per heavy atom. The number of hydrogen-bond donors (Lipinski definition) is 1. The summed E-state index contributed by atoms with van der Waals surface area (Å²) in [7, 11) is 0. The summed E-state index contributed by atoms with van der Waals surface area (Å²) >= 11 is 0. The summed E-state index contributed by atoms with van der Waals surface area (Å²) < 4.78 is 0. The van der Waals surface area contributed by atoms with Crippen LogP contribution in [0.4, 0.5) is 0 Å². The van der Waals surface area contributed by atoms with Gasteiger partial charge in [-0.2, -0.15) is 0 Å². The van der Waals surface area contributed by atoms with Crippen molar-refractivity contribution in [1.29, 1.82) is 0 Å². The van der Waals surface area contributed by atoms with Crippen LogP contribution in [0.5, 0.6) is 0 Å². The quantitative estimate of drug-likeness (QED) is 0.864. The van der Waals surface area contributed by atoms with Gasteiger partial charge in [-0.25, -0.2) is 0 Å². The third-order valence-electron chi connectivity index (χ3n) is 5.09. The third-order valence-corrected chi connectivity index (χ3v) is 5.09. The molecule has 0 bridgehead atoms. The summed E-state index contributed by atoms with van der Waals surface area (Å²) in [4.78, 5) is 26.3. The van der Waals surface area contributed by atoms with Gasteiger partial charge in [0, 0.05) is 19.5 Å². The van der Waals surface area contributed by atoms with E-state index in [1.807, 2.05) is 19.9 Å². The van der Waals surface area contributed by atoms with Crippen LogP contribution in [-0.2, 0) is 29.2 Å². The Hall–Kier alpha value is -1.68. The number of benzene rings is 1. The topological polar surface area (TPSA) is 49.4 Å². The van der Waals surface area contributed by atoms with Gasteiger partial charge in [0.2, 0.25) is 11.8 Å². The Balaban J connectivity index is 1.82. The minimum Gasteiger partial charge on any atom is -0.309 e. The number of carbonyl (C=O) groups is 2. The average molecular weight is 286 g/mol. The molecule has 1 aromatic rings. The number of likely N-dealkylation sites (tertiary alicyclic amines) is 1. The molecular weight excluding hydrogens is 264 g/mol. The van der Waals surface area contributed by atoms with Gasteiger partial charge in [0.25, 0.3) is 0 Å². The molecular formula is C17H22N2O2. The highest BCUT2D eigenvalue weighted by molar-refractivity contribution is 6.05. The van der Waals surface area contributed by atoms with E-state index in [4.69, 9.17) is 0 Å². The van der Waals surface area contributed by atoms with Crippen molar-refractivity contribution < 1.29 is 9.59 Å². The average Bonchev–Trinajstić information content (AvgIpc) is 3.05. The molecule has 2 amide bonds. The molecule has 3 rings (SSSR count). The lowest BCUT2D eigenvalue weighted by atomic mass is 9.81. The van der Waals surface area contributed by atoms with Gasteiger partial charge in [-0.15, -0.1) is 0 Å². The van der Waals surface area contributed by atoms with E-state index in [1.54, 1.807) is 0 Å². The highest BCUT2D eigenvalue weighted by Crippen LogP contribution is 2.39. The molecule has 4 heteroatoms. The van der Waals surface area contributed by atoms with Gasteiger partial charge in [-0.3, -0.25) is 14.5 Å². The van der Waals surface area contributed by atoms with Crippen molar-refractivity contribution in [1.82, 2.24) is 10.2 Å². The molecule has 4 nitrogen and oxygen atoms in total. The maximum absolute atomic E-state index is 12.6. The fraction of sp³-hybridized carbons (Fsp3) is 0.529. The first kappa shape index (κ1) is 14.3. The van der Waals surface area contributed by atoms with E-state index in [9.17, 15) is 9.59 Å². The van der Waals surface area contributed by atoms with Gasteiger partial charge in [-0.1, -0.05) is 32.0 Å². The van der Waals surface area contributed by atoms with Crippen LogP contribution in [0, 0.1) is 5.41 Å². The summed E-state index contributed by atoms with van der Waals surface area (Å²) in [6.07, 6.45) is 1.84. The number of imide groups is 1. The van der Waals surface area contributed by atoms with E-state index in [-0.39, 0.29) is 11.8 Å². The van der Waals surface area contributed by atoms with Gasteiger partial charge < -0.3 is 5.32 Å². The second-order valence-corrected chi connectivity index (χ2v) is 6.16. The zero-order valence-electron chi connectivity index (χ0n) is 12.7. The number of carbonyl (C=O) groups excluding carboxylic acids is 2. The summed E-state index contributed by atoms with van der Waals surface area (Å²) in [5.41, 5.74) is 3.18. The molecule has 1 N–H and O–H groups in total. The number of nitrogens with one attached hydrogen (secondary N) is 1. The largest absolute Gasteiger partial charge is 0.309 e. The van der Waals surface area contributed by atoms with Crippen LogP contribution < -0.4 is 5.32 Å². The van der Waals surface area contributed by atoms with Crippen molar-refractivity contribution in [3.63, 3.8) is 0 Å². The first-order chi connectivity index (χ1) is 10.1. The number of amides is 2. The fourth-order valence-electron chi connectivity index (χ4n) is 3.45. The van der Waals surface area contributed by atoms with E-state index in [2.05, 4.69) is 17.4 Å². The molecule has 0 saturated carbocycles. The van der Waals surface area contributed by atoms with Gasteiger partial charge in [0.1, 0.15) is 0 Å². The molecule has 0 radical (unpaired) electrons. The molecule has 2 aliphatic heterocycles. The molecule has 2 aliphatic rings. The van der Waals surface area contributed by atoms with Crippen molar-refractivity contribution >= 4 is 11.8 Å². The number of rotatable bonds is 4. The van der Waals surface area contributed by atoms with Gasteiger partial charge >= 0.3 is 0 Å². The fourth-order valence-corrected chi connectivity index (χ4v) is 3.45. The van der Waals surface area contributed by atoms with Crippen LogP contribution in [0.15, 0.2) is 18.2 Å².